The third kappa shape index (κ3) is 3.53. The zero-order valence-corrected chi connectivity index (χ0v) is 24.7. The van der Waals surface area contributed by atoms with Gasteiger partial charge in [-0.2, -0.15) is 0 Å². The van der Waals surface area contributed by atoms with Crippen molar-refractivity contribution in [2.75, 3.05) is 13.2 Å². The van der Waals surface area contributed by atoms with Crippen molar-refractivity contribution in [3.8, 4) is 0 Å². The predicted octanol–water partition coefficient (Wildman–Crippen LogP) is 5.99. The number of carbonyl (C=O) groups excluding carboxylic acids is 2. The molecule has 0 N–H and O–H groups in total. The van der Waals surface area contributed by atoms with Crippen molar-refractivity contribution >= 4 is 11.9 Å². The number of ether oxygens (including phenoxy) is 4. The molecule has 0 bridgehead atoms. The predicted molar refractivity (Wildman–Crippen MR) is 143 cm³/mol. The minimum absolute atomic E-state index is 0.0167. The zero-order valence-electron chi connectivity index (χ0n) is 24.7. The molecule has 0 radical (unpaired) electrons. The van der Waals surface area contributed by atoms with Crippen LogP contribution in [0.3, 0.4) is 0 Å². The minimum atomic E-state index is -0.507. The van der Waals surface area contributed by atoms with Gasteiger partial charge in [0.05, 0.1) is 13.2 Å². The van der Waals surface area contributed by atoms with Gasteiger partial charge in [-0.05, 0) is 85.4 Å². The molecule has 10 atom stereocenters. The number of esters is 2. The maximum absolute atomic E-state index is 12.3. The second kappa shape index (κ2) is 9.03. The van der Waals surface area contributed by atoms with Crippen LogP contribution < -0.4 is 0 Å². The van der Waals surface area contributed by atoms with Crippen molar-refractivity contribution in [3.63, 3.8) is 0 Å². The first kappa shape index (κ1) is 26.9. The number of nitrogens with zero attached hydrogens (tertiary/aromatic N) is 1. The lowest BCUT2D eigenvalue weighted by Crippen LogP contribution is -2.62. The third-order valence-corrected chi connectivity index (χ3v) is 13.1. The average Bonchev–Trinajstić information content (AvgIpc) is 3.33. The number of rotatable bonds is 6. The quantitative estimate of drug-likeness (QED) is 0.395. The number of fused-ring (bicyclic) bond motifs is 4. The van der Waals surface area contributed by atoms with E-state index in [9.17, 15) is 9.59 Å². The molecular weight excluding hydrogens is 510 g/mol. The van der Waals surface area contributed by atoms with Gasteiger partial charge in [0.15, 0.2) is 18.2 Å². The molecule has 40 heavy (non-hydrogen) atoms. The maximum atomic E-state index is 12.3. The Morgan fingerprint density at radius 1 is 1.02 bits per heavy atom. The fourth-order valence-corrected chi connectivity index (χ4v) is 11.6. The fourth-order valence-electron chi connectivity index (χ4n) is 11.6. The Morgan fingerprint density at radius 3 is 2.50 bits per heavy atom. The first-order valence-corrected chi connectivity index (χ1v) is 15.6. The molecule has 1 aliphatic heterocycles. The van der Waals surface area contributed by atoms with Gasteiger partial charge in [0.1, 0.15) is 11.8 Å². The highest BCUT2D eigenvalue weighted by molar-refractivity contribution is 5.66. The first-order chi connectivity index (χ1) is 19.0. The van der Waals surface area contributed by atoms with Gasteiger partial charge in [0.2, 0.25) is 0 Å². The molecule has 0 unspecified atom stereocenters. The average molecular weight is 556 g/mol. The van der Waals surface area contributed by atoms with Crippen molar-refractivity contribution in [3.05, 3.63) is 17.5 Å². The van der Waals surface area contributed by atoms with E-state index in [2.05, 4.69) is 25.9 Å². The van der Waals surface area contributed by atoms with Gasteiger partial charge < -0.3 is 23.5 Å². The topological polar surface area (TPSA) is 97.1 Å². The van der Waals surface area contributed by atoms with Gasteiger partial charge in [-0.1, -0.05) is 25.9 Å². The number of hydrogen-bond donors (Lipinski definition) is 0. The van der Waals surface area contributed by atoms with Gasteiger partial charge in [0.25, 0.3) is 0 Å². The summed E-state index contributed by atoms with van der Waals surface area (Å²) in [7, 11) is 0. The van der Waals surface area contributed by atoms with Crippen molar-refractivity contribution in [2.45, 2.75) is 104 Å². The normalized spacial score (nSPS) is 43.8. The highest BCUT2D eigenvalue weighted by Crippen LogP contribution is 2.85. The molecule has 1 aromatic heterocycles. The molecule has 2 heterocycles. The highest BCUT2D eigenvalue weighted by atomic mass is 16.7. The second-order valence-electron chi connectivity index (χ2n) is 14.5. The Bertz CT molecular complexity index is 1190. The summed E-state index contributed by atoms with van der Waals surface area (Å²) < 4.78 is 29.8. The van der Waals surface area contributed by atoms with Crippen LogP contribution in [-0.2, 0) is 35.1 Å². The summed E-state index contributed by atoms with van der Waals surface area (Å²) in [6, 6.07) is 1.77. The third-order valence-electron chi connectivity index (χ3n) is 13.1. The Hall–Kier alpha value is -1.93. The lowest BCUT2D eigenvalue weighted by molar-refractivity contribution is -0.294. The molecule has 5 saturated carbocycles. The minimum Gasteiger partial charge on any atom is -0.458 e. The van der Waals surface area contributed by atoms with Crippen molar-refractivity contribution in [1.82, 2.24) is 5.16 Å². The molecular formula is C32H45NO7. The summed E-state index contributed by atoms with van der Waals surface area (Å²) in [5, 5.41) is 4.26. The maximum Gasteiger partial charge on any atom is 0.303 e. The Labute approximate surface area is 237 Å². The van der Waals surface area contributed by atoms with Gasteiger partial charge in [0, 0.05) is 37.7 Å². The molecule has 1 saturated heterocycles. The first-order valence-electron chi connectivity index (χ1n) is 15.6. The number of hydrogen-bond acceptors (Lipinski definition) is 8. The largest absolute Gasteiger partial charge is 0.458 e. The molecule has 220 valence electrons. The van der Waals surface area contributed by atoms with Crippen LogP contribution in [0.15, 0.2) is 10.6 Å². The molecule has 8 heteroatoms. The summed E-state index contributed by atoms with van der Waals surface area (Å²) in [6.07, 6.45) is 9.24. The Kier molecular flexibility index (Phi) is 6.08. The fraction of sp³-hybridized carbons (Fsp3) is 0.844. The van der Waals surface area contributed by atoms with Crippen molar-refractivity contribution in [1.29, 1.82) is 0 Å². The van der Waals surface area contributed by atoms with E-state index in [1.165, 1.54) is 52.4 Å². The van der Waals surface area contributed by atoms with E-state index >= 15 is 0 Å². The monoisotopic (exact) mass is 555 g/mol. The van der Waals surface area contributed by atoms with Crippen LogP contribution in [0.4, 0.5) is 0 Å². The SMILES string of the molecule is CC(=O)OCc1cc([C@H](OC(C)=O)[C@@H](C)[C@H]2CC[C@H]3[C@@H]4CC5(OCCO5)[C@]56C[C@H]5CC[C@]6(C)[C@H]4CC[C@]23C)no1. The van der Waals surface area contributed by atoms with Crippen LogP contribution in [0.1, 0.15) is 104 Å². The summed E-state index contributed by atoms with van der Waals surface area (Å²) >= 11 is 0. The van der Waals surface area contributed by atoms with E-state index in [1.807, 2.05) is 0 Å². The standard InChI is InChI=1S/C32H45NO7/c1-18(28(39-20(3)35)27-14-22(40-33-27)17-36-19(2)34)24-6-7-25-23-16-32(37-12-13-38-32)31-15-21(31)8-11-30(31,5)26(23)9-10-29(24,25)4/h14,18,21,23-26,28H,6-13,15-17H2,1-5H3/t18-,21+,23-,24+,25-,26-,28+,29+,30+,31+/m0/s1. The van der Waals surface area contributed by atoms with Crippen LogP contribution in [0.25, 0.3) is 0 Å². The van der Waals surface area contributed by atoms with Crippen LogP contribution in [0.2, 0.25) is 0 Å². The van der Waals surface area contributed by atoms with Crippen LogP contribution in [0, 0.1) is 51.8 Å². The van der Waals surface area contributed by atoms with Crippen molar-refractivity contribution < 1.29 is 33.1 Å². The van der Waals surface area contributed by atoms with Gasteiger partial charge >= 0.3 is 11.9 Å². The van der Waals surface area contributed by atoms with Gasteiger partial charge in [-0.15, -0.1) is 0 Å². The summed E-state index contributed by atoms with van der Waals surface area (Å²) in [5.41, 5.74) is 1.27. The van der Waals surface area contributed by atoms with E-state index in [4.69, 9.17) is 23.5 Å². The van der Waals surface area contributed by atoms with E-state index in [1.54, 1.807) is 6.07 Å². The molecule has 5 aliphatic carbocycles. The van der Waals surface area contributed by atoms with E-state index < -0.39 is 6.10 Å². The molecule has 6 aliphatic rings. The van der Waals surface area contributed by atoms with Crippen molar-refractivity contribution in [2.24, 2.45) is 51.8 Å². The summed E-state index contributed by atoms with van der Waals surface area (Å²) in [4.78, 5) is 23.5. The van der Waals surface area contributed by atoms with Gasteiger partial charge in [-0.3, -0.25) is 9.59 Å². The number of aromatic nitrogens is 1. The highest BCUT2D eigenvalue weighted by Gasteiger charge is 2.83. The lowest BCUT2D eigenvalue weighted by atomic mass is 9.44. The summed E-state index contributed by atoms with van der Waals surface area (Å²) in [5.74, 6) is 2.52. The summed E-state index contributed by atoms with van der Waals surface area (Å²) in [6.45, 7) is 11.6. The molecule has 0 amide bonds. The molecule has 0 aromatic carbocycles. The molecule has 7 rings (SSSR count). The van der Waals surface area contributed by atoms with Crippen LogP contribution >= 0.6 is 0 Å². The molecule has 8 nitrogen and oxygen atoms in total. The van der Waals surface area contributed by atoms with Crippen LogP contribution in [-0.4, -0.2) is 36.1 Å². The molecule has 6 fully saturated rings. The van der Waals surface area contributed by atoms with E-state index in [-0.39, 0.29) is 41.1 Å². The second-order valence-corrected chi connectivity index (χ2v) is 14.5. The molecule has 2 spiro atoms. The Morgan fingerprint density at radius 2 is 1.80 bits per heavy atom. The van der Waals surface area contributed by atoms with Gasteiger partial charge in [-0.25, -0.2) is 0 Å². The van der Waals surface area contributed by atoms with E-state index in [0.717, 1.165) is 37.9 Å². The number of carbonyl (C=O) groups is 2. The Balaban J connectivity index is 1.16. The smallest absolute Gasteiger partial charge is 0.303 e. The van der Waals surface area contributed by atoms with Crippen LogP contribution in [0.5, 0.6) is 0 Å². The van der Waals surface area contributed by atoms with E-state index in [0.29, 0.717) is 34.6 Å². The zero-order chi connectivity index (χ0) is 28.1. The molecule has 1 aromatic rings. The lowest BCUT2D eigenvalue weighted by Gasteiger charge is -2.63.